The molecule has 0 aliphatic rings. The van der Waals surface area contributed by atoms with Gasteiger partial charge in [0.15, 0.2) is 5.76 Å². The molecule has 2 amide bonds. The third kappa shape index (κ3) is 4.79. The van der Waals surface area contributed by atoms with Gasteiger partial charge in [0.05, 0.1) is 5.56 Å². The number of aryl methyl sites for hydroxylation is 1. The highest BCUT2D eigenvalue weighted by Gasteiger charge is 2.30. The van der Waals surface area contributed by atoms with Gasteiger partial charge in [0.1, 0.15) is 11.3 Å². The average molecular weight is 455 g/mol. The van der Waals surface area contributed by atoms with Crippen molar-refractivity contribution < 1.29 is 31.9 Å². The van der Waals surface area contributed by atoms with Gasteiger partial charge < -0.3 is 9.15 Å². The normalized spacial score (nSPS) is 11.3. The zero-order chi connectivity index (χ0) is 23.6. The van der Waals surface area contributed by atoms with E-state index in [0.29, 0.717) is 17.3 Å². The first-order valence-electron chi connectivity index (χ1n) is 9.62. The number of fused-ring (bicyclic) bond motifs is 1. The third-order valence-corrected chi connectivity index (χ3v) is 4.74. The summed E-state index contributed by atoms with van der Waals surface area (Å²) in [5.74, 6) is -0.875. The number of amides is 2. The van der Waals surface area contributed by atoms with Gasteiger partial charge in [0, 0.05) is 28.8 Å². The molecule has 2 aromatic carbocycles. The number of carbonyl (C=O) groups excluding carboxylic acids is 2. The number of ether oxygens (including phenoxy) is 1. The Hall–Kier alpha value is -4.34. The van der Waals surface area contributed by atoms with Gasteiger partial charge in [-0.1, -0.05) is 18.2 Å². The molecule has 0 bridgehead atoms. The van der Waals surface area contributed by atoms with Gasteiger partial charge >= 0.3 is 12.1 Å². The Bertz CT molecular complexity index is 1310. The van der Waals surface area contributed by atoms with Crippen molar-refractivity contribution in [2.24, 2.45) is 0 Å². The van der Waals surface area contributed by atoms with Crippen molar-refractivity contribution in [1.29, 1.82) is 0 Å². The summed E-state index contributed by atoms with van der Waals surface area (Å²) in [6, 6.07) is 14.9. The number of hydrogen-bond donors (Lipinski definition) is 2. The van der Waals surface area contributed by atoms with E-state index in [4.69, 9.17) is 9.15 Å². The van der Waals surface area contributed by atoms with Gasteiger partial charge in [-0.25, -0.2) is 4.98 Å². The Balaban J connectivity index is 1.36. The van der Waals surface area contributed by atoms with Crippen LogP contribution in [0.3, 0.4) is 0 Å². The molecule has 0 spiro atoms. The number of rotatable bonds is 4. The van der Waals surface area contributed by atoms with Gasteiger partial charge in [0.2, 0.25) is 5.88 Å². The Morgan fingerprint density at radius 2 is 1.64 bits per heavy atom. The number of para-hydroxylation sites is 1. The molecule has 2 N–H and O–H groups in total. The van der Waals surface area contributed by atoms with Gasteiger partial charge in [-0.2, -0.15) is 13.2 Å². The van der Waals surface area contributed by atoms with Gasteiger partial charge in [0.25, 0.3) is 5.91 Å². The van der Waals surface area contributed by atoms with Gasteiger partial charge in [-0.3, -0.25) is 20.4 Å². The first kappa shape index (κ1) is 21.9. The predicted octanol–water partition coefficient (Wildman–Crippen LogP) is 5.02. The molecule has 0 atom stereocenters. The van der Waals surface area contributed by atoms with Crippen molar-refractivity contribution >= 4 is 22.8 Å². The largest absolute Gasteiger partial charge is 0.451 e. The minimum absolute atomic E-state index is 0.0336. The molecule has 10 heteroatoms. The third-order valence-electron chi connectivity index (χ3n) is 4.74. The summed E-state index contributed by atoms with van der Waals surface area (Å²) in [7, 11) is 0. The van der Waals surface area contributed by atoms with Crippen LogP contribution >= 0.6 is 0 Å². The topological polar surface area (TPSA) is 93.5 Å². The van der Waals surface area contributed by atoms with E-state index in [1.54, 1.807) is 19.1 Å². The standard InChI is InChI=1S/C23H16F3N3O4/c1-13-17-4-2-3-5-18(17)33-20(13)22(31)29-28-21(30)14-6-9-16(10-7-14)32-19-11-8-15(12-27-19)23(24,25)26/h2-12H,1H3,(H,28,30)(H,29,31). The van der Waals surface area contributed by atoms with Gasteiger partial charge in [-0.15, -0.1) is 0 Å². The Morgan fingerprint density at radius 1 is 0.939 bits per heavy atom. The Labute approximate surface area is 185 Å². The molecule has 0 fully saturated rings. The first-order valence-corrected chi connectivity index (χ1v) is 9.62. The maximum Gasteiger partial charge on any atom is 0.417 e. The smallest absolute Gasteiger partial charge is 0.417 e. The van der Waals surface area contributed by atoms with E-state index in [-0.39, 0.29) is 23.0 Å². The number of alkyl halides is 3. The highest BCUT2D eigenvalue weighted by Crippen LogP contribution is 2.30. The fourth-order valence-electron chi connectivity index (χ4n) is 3.04. The van der Waals surface area contributed by atoms with Crippen molar-refractivity contribution in [1.82, 2.24) is 15.8 Å². The number of nitrogens with one attached hydrogen (secondary N) is 2. The molecule has 33 heavy (non-hydrogen) atoms. The summed E-state index contributed by atoms with van der Waals surface area (Å²) in [4.78, 5) is 28.3. The van der Waals surface area contributed by atoms with E-state index >= 15 is 0 Å². The predicted molar refractivity (Wildman–Crippen MR) is 112 cm³/mol. The second-order valence-electron chi connectivity index (χ2n) is 6.97. The zero-order valence-electron chi connectivity index (χ0n) is 17.1. The number of furan rings is 1. The lowest BCUT2D eigenvalue weighted by atomic mass is 10.1. The van der Waals surface area contributed by atoms with Crippen molar-refractivity contribution in [3.05, 3.63) is 89.3 Å². The van der Waals surface area contributed by atoms with E-state index in [1.807, 2.05) is 12.1 Å². The monoisotopic (exact) mass is 455 g/mol. The van der Waals surface area contributed by atoms with Crippen LogP contribution in [0.1, 0.15) is 32.0 Å². The van der Waals surface area contributed by atoms with Crippen LogP contribution < -0.4 is 15.6 Å². The molecule has 0 saturated carbocycles. The average Bonchev–Trinajstić information content (AvgIpc) is 3.14. The van der Waals surface area contributed by atoms with Crippen LogP contribution in [-0.4, -0.2) is 16.8 Å². The molecular formula is C23H16F3N3O4. The molecule has 168 valence electrons. The second kappa shape index (κ2) is 8.65. The van der Waals surface area contributed by atoms with E-state index < -0.39 is 23.6 Å². The van der Waals surface area contributed by atoms with Gasteiger partial charge in [-0.05, 0) is 43.3 Å². The number of benzene rings is 2. The van der Waals surface area contributed by atoms with Crippen LogP contribution in [0.5, 0.6) is 11.6 Å². The zero-order valence-corrected chi connectivity index (χ0v) is 17.1. The van der Waals surface area contributed by atoms with Crippen molar-refractivity contribution in [2.75, 3.05) is 0 Å². The molecule has 0 aliphatic heterocycles. The Morgan fingerprint density at radius 3 is 2.27 bits per heavy atom. The lowest BCUT2D eigenvalue weighted by molar-refractivity contribution is -0.137. The minimum Gasteiger partial charge on any atom is -0.451 e. The summed E-state index contributed by atoms with van der Waals surface area (Å²) in [6.07, 6.45) is -3.82. The summed E-state index contributed by atoms with van der Waals surface area (Å²) in [5.41, 5.74) is 5.14. The summed E-state index contributed by atoms with van der Waals surface area (Å²) >= 11 is 0. The Kier molecular flexibility index (Phi) is 5.74. The van der Waals surface area contributed by atoms with Crippen molar-refractivity contribution in [3.8, 4) is 11.6 Å². The minimum atomic E-state index is -4.49. The maximum atomic E-state index is 12.6. The molecular weight excluding hydrogens is 439 g/mol. The molecule has 2 aromatic heterocycles. The lowest BCUT2D eigenvalue weighted by Gasteiger charge is -2.09. The summed E-state index contributed by atoms with van der Waals surface area (Å²) in [6.45, 7) is 1.74. The van der Waals surface area contributed by atoms with Crippen LogP contribution in [0.15, 0.2) is 71.3 Å². The molecule has 0 saturated heterocycles. The molecule has 2 heterocycles. The van der Waals surface area contributed by atoms with Crippen LogP contribution in [0.4, 0.5) is 13.2 Å². The molecule has 4 rings (SSSR count). The SMILES string of the molecule is Cc1c(C(=O)NNC(=O)c2ccc(Oc3ccc(C(F)(F)F)cn3)cc2)oc2ccccc12. The highest BCUT2D eigenvalue weighted by molar-refractivity contribution is 6.01. The van der Waals surface area contributed by atoms with Crippen LogP contribution in [0.25, 0.3) is 11.0 Å². The summed E-state index contributed by atoms with van der Waals surface area (Å²) in [5, 5.41) is 0.798. The molecule has 0 radical (unpaired) electrons. The molecule has 0 aliphatic carbocycles. The molecule has 7 nitrogen and oxygen atoms in total. The fourth-order valence-corrected chi connectivity index (χ4v) is 3.04. The number of halogens is 3. The molecule has 0 unspecified atom stereocenters. The van der Waals surface area contributed by atoms with Crippen LogP contribution in [0, 0.1) is 6.92 Å². The molecule has 4 aromatic rings. The van der Waals surface area contributed by atoms with Crippen molar-refractivity contribution in [3.63, 3.8) is 0 Å². The number of pyridine rings is 1. The van der Waals surface area contributed by atoms with Crippen molar-refractivity contribution in [2.45, 2.75) is 13.1 Å². The number of hydrazine groups is 1. The first-order chi connectivity index (χ1) is 15.7. The number of carbonyl (C=O) groups is 2. The van der Waals surface area contributed by atoms with Crippen LogP contribution in [-0.2, 0) is 6.18 Å². The van der Waals surface area contributed by atoms with E-state index in [2.05, 4.69) is 15.8 Å². The number of hydrogen-bond acceptors (Lipinski definition) is 5. The second-order valence-corrected chi connectivity index (χ2v) is 6.97. The van der Waals surface area contributed by atoms with E-state index in [1.165, 1.54) is 24.3 Å². The maximum absolute atomic E-state index is 12.6. The van der Waals surface area contributed by atoms with Crippen LogP contribution in [0.2, 0.25) is 0 Å². The number of nitrogens with zero attached hydrogens (tertiary/aromatic N) is 1. The number of aromatic nitrogens is 1. The summed E-state index contributed by atoms with van der Waals surface area (Å²) < 4.78 is 48.7. The fraction of sp³-hybridized carbons (Fsp3) is 0.0870. The van der Waals surface area contributed by atoms with E-state index in [9.17, 15) is 22.8 Å². The highest BCUT2D eigenvalue weighted by atomic mass is 19.4. The quantitative estimate of drug-likeness (QED) is 0.422. The van der Waals surface area contributed by atoms with E-state index in [0.717, 1.165) is 17.5 Å². The lowest BCUT2D eigenvalue weighted by Crippen LogP contribution is -2.41.